The van der Waals surface area contributed by atoms with Gasteiger partial charge in [0.2, 0.25) is 0 Å². The van der Waals surface area contributed by atoms with Crippen LogP contribution in [0.25, 0.3) is 0 Å². The van der Waals surface area contributed by atoms with Crippen molar-refractivity contribution in [2.75, 3.05) is 26.2 Å². The molecule has 0 aliphatic carbocycles. The van der Waals surface area contributed by atoms with Crippen molar-refractivity contribution >= 4 is 5.96 Å². The van der Waals surface area contributed by atoms with Crippen molar-refractivity contribution < 1.29 is 4.74 Å². The molecule has 0 saturated carbocycles. The Balaban J connectivity index is 1.86. The Kier molecular flexibility index (Phi) is 7.03. The smallest absolute Gasteiger partial charge is 0.191 e. The summed E-state index contributed by atoms with van der Waals surface area (Å²) in [5, 5.41) is 6.73. The van der Waals surface area contributed by atoms with Gasteiger partial charge in [0.1, 0.15) is 0 Å². The van der Waals surface area contributed by atoms with Crippen LogP contribution in [0.1, 0.15) is 39.8 Å². The molecule has 24 heavy (non-hydrogen) atoms. The largest absolute Gasteiger partial charge is 0.377 e. The summed E-state index contributed by atoms with van der Waals surface area (Å²) in [6.07, 6.45) is 4.11. The van der Waals surface area contributed by atoms with Gasteiger partial charge in [0, 0.05) is 50.5 Å². The lowest BCUT2D eigenvalue weighted by molar-refractivity contribution is 0.00890. The fraction of sp³-hybridized carbons (Fsp3) is 0.684. The molecule has 134 valence electrons. The minimum atomic E-state index is 0.168. The summed E-state index contributed by atoms with van der Waals surface area (Å²) in [5.41, 5.74) is 1.26. The maximum absolute atomic E-state index is 5.94. The van der Waals surface area contributed by atoms with E-state index < -0.39 is 0 Å². The zero-order valence-electron chi connectivity index (χ0n) is 15.5. The van der Waals surface area contributed by atoms with Crippen molar-refractivity contribution in [3.8, 4) is 0 Å². The fourth-order valence-corrected chi connectivity index (χ4v) is 3.18. The van der Waals surface area contributed by atoms with E-state index in [1.807, 2.05) is 18.3 Å². The van der Waals surface area contributed by atoms with E-state index in [-0.39, 0.29) is 11.5 Å². The maximum Gasteiger partial charge on any atom is 0.191 e. The Morgan fingerprint density at radius 2 is 2.17 bits per heavy atom. The van der Waals surface area contributed by atoms with E-state index in [1.54, 1.807) is 0 Å². The van der Waals surface area contributed by atoms with Crippen LogP contribution >= 0.6 is 0 Å². The van der Waals surface area contributed by atoms with Gasteiger partial charge in [0.05, 0.1) is 6.10 Å². The third-order valence-corrected chi connectivity index (χ3v) is 4.30. The molecule has 1 aliphatic rings. The summed E-state index contributed by atoms with van der Waals surface area (Å²) in [5.74, 6) is 1.38. The number of nitrogens with zero attached hydrogens (tertiary/aromatic N) is 2. The fourth-order valence-electron chi connectivity index (χ4n) is 3.18. The van der Waals surface area contributed by atoms with Gasteiger partial charge in [-0.2, -0.15) is 0 Å². The second-order valence-corrected chi connectivity index (χ2v) is 7.42. The van der Waals surface area contributed by atoms with Crippen molar-refractivity contribution in [1.82, 2.24) is 15.6 Å². The molecule has 0 spiro atoms. The van der Waals surface area contributed by atoms with E-state index in [0.29, 0.717) is 5.92 Å². The van der Waals surface area contributed by atoms with E-state index in [9.17, 15) is 0 Å². The van der Waals surface area contributed by atoms with E-state index in [0.717, 1.165) is 50.7 Å². The van der Waals surface area contributed by atoms with Crippen LogP contribution < -0.4 is 10.6 Å². The van der Waals surface area contributed by atoms with Crippen LogP contribution in [-0.4, -0.2) is 43.3 Å². The van der Waals surface area contributed by atoms with Crippen LogP contribution in [0, 0.1) is 11.3 Å². The summed E-state index contributed by atoms with van der Waals surface area (Å²) in [4.78, 5) is 9.14. The number of hydrogen-bond acceptors (Lipinski definition) is 3. The van der Waals surface area contributed by atoms with Gasteiger partial charge in [-0.3, -0.25) is 9.98 Å². The molecule has 1 fully saturated rings. The van der Waals surface area contributed by atoms with Crippen LogP contribution in [0.15, 0.2) is 29.4 Å². The molecule has 2 rings (SSSR count). The number of pyridine rings is 1. The molecule has 0 aromatic carbocycles. The molecule has 0 unspecified atom stereocenters. The van der Waals surface area contributed by atoms with Crippen molar-refractivity contribution in [2.45, 2.75) is 46.6 Å². The molecular formula is C19H32N4O. The van der Waals surface area contributed by atoms with E-state index in [2.05, 4.69) is 49.4 Å². The lowest BCUT2D eigenvalue weighted by Gasteiger charge is -2.30. The standard InChI is InChI=1S/C19H32N4O/c1-5-20-18(22-12-9-16-8-6-7-11-21-16)23-14-15-10-13-24-17(15)19(2,3)4/h6-8,11,15,17H,5,9-10,12-14H2,1-4H3,(H2,20,22,23)/t15-,17+/m0/s1. The average molecular weight is 332 g/mol. The van der Waals surface area contributed by atoms with Crippen LogP contribution in [0.4, 0.5) is 0 Å². The number of nitrogens with one attached hydrogen (secondary N) is 2. The van der Waals surface area contributed by atoms with Gasteiger partial charge >= 0.3 is 0 Å². The molecule has 0 bridgehead atoms. The number of rotatable bonds is 6. The molecule has 5 heteroatoms. The SMILES string of the molecule is CCNC(=NC[C@@H]1CCO[C@H]1C(C)(C)C)NCCc1ccccn1. The van der Waals surface area contributed by atoms with Crippen LogP contribution in [0.3, 0.4) is 0 Å². The first-order chi connectivity index (χ1) is 11.5. The Hall–Kier alpha value is -1.62. The third-order valence-electron chi connectivity index (χ3n) is 4.30. The van der Waals surface area contributed by atoms with Gasteiger partial charge in [0.25, 0.3) is 0 Å². The second-order valence-electron chi connectivity index (χ2n) is 7.42. The average Bonchev–Trinajstić information content (AvgIpc) is 3.02. The number of guanidine groups is 1. The minimum Gasteiger partial charge on any atom is -0.377 e. The summed E-state index contributed by atoms with van der Waals surface area (Å²) in [6, 6.07) is 6.02. The van der Waals surface area contributed by atoms with Crippen molar-refractivity contribution in [3.05, 3.63) is 30.1 Å². The molecule has 0 amide bonds. The first-order valence-electron chi connectivity index (χ1n) is 9.04. The quantitative estimate of drug-likeness (QED) is 0.621. The predicted octanol–water partition coefficient (Wildman–Crippen LogP) is 2.63. The van der Waals surface area contributed by atoms with Gasteiger partial charge in [-0.05, 0) is 30.9 Å². The van der Waals surface area contributed by atoms with E-state index in [1.165, 1.54) is 0 Å². The second kappa shape index (κ2) is 9.02. The van der Waals surface area contributed by atoms with E-state index >= 15 is 0 Å². The number of aromatic nitrogens is 1. The van der Waals surface area contributed by atoms with Crippen molar-refractivity contribution in [2.24, 2.45) is 16.3 Å². The third kappa shape index (κ3) is 5.78. The molecular weight excluding hydrogens is 300 g/mol. The number of ether oxygens (including phenoxy) is 1. The van der Waals surface area contributed by atoms with Crippen LogP contribution in [-0.2, 0) is 11.2 Å². The predicted molar refractivity (Wildman–Crippen MR) is 99.2 cm³/mol. The normalized spacial score (nSPS) is 21.8. The van der Waals surface area contributed by atoms with E-state index in [4.69, 9.17) is 9.73 Å². The van der Waals surface area contributed by atoms with Gasteiger partial charge in [-0.1, -0.05) is 26.8 Å². The zero-order chi connectivity index (χ0) is 17.4. The summed E-state index contributed by atoms with van der Waals surface area (Å²) >= 11 is 0. The van der Waals surface area contributed by atoms with Gasteiger partial charge < -0.3 is 15.4 Å². The molecule has 1 aliphatic heterocycles. The Labute approximate surface area is 146 Å². The first-order valence-corrected chi connectivity index (χ1v) is 9.04. The van der Waals surface area contributed by atoms with Gasteiger partial charge in [0.15, 0.2) is 5.96 Å². The molecule has 1 saturated heterocycles. The van der Waals surface area contributed by atoms with Crippen LogP contribution in [0.5, 0.6) is 0 Å². The Bertz CT molecular complexity index is 510. The molecule has 1 aromatic heterocycles. The molecule has 1 aromatic rings. The van der Waals surface area contributed by atoms with Gasteiger partial charge in [-0.25, -0.2) is 0 Å². The zero-order valence-corrected chi connectivity index (χ0v) is 15.5. The lowest BCUT2D eigenvalue weighted by Crippen LogP contribution is -2.39. The Morgan fingerprint density at radius 3 is 2.83 bits per heavy atom. The molecule has 0 radical (unpaired) electrons. The highest BCUT2D eigenvalue weighted by molar-refractivity contribution is 5.79. The topological polar surface area (TPSA) is 58.5 Å². The van der Waals surface area contributed by atoms with Crippen LogP contribution in [0.2, 0.25) is 0 Å². The number of hydrogen-bond donors (Lipinski definition) is 2. The summed E-state index contributed by atoms with van der Waals surface area (Å²) < 4.78 is 5.94. The summed E-state index contributed by atoms with van der Waals surface area (Å²) in [7, 11) is 0. The molecule has 2 heterocycles. The first kappa shape index (κ1) is 18.7. The van der Waals surface area contributed by atoms with Crippen molar-refractivity contribution in [3.63, 3.8) is 0 Å². The van der Waals surface area contributed by atoms with Crippen molar-refractivity contribution in [1.29, 1.82) is 0 Å². The maximum atomic E-state index is 5.94. The highest BCUT2D eigenvalue weighted by Crippen LogP contribution is 2.34. The Morgan fingerprint density at radius 1 is 1.33 bits per heavy atom. The lowest BCUT2D eigenvalue weighted by atomic mass is 9.81. The monoisotopic (exact) mass is 332 g/mol. The molecule has 2 N–H and O–H groups in total. The van der Waals surface area contributed by atoms with Gasteiger partial charge in [-0.15, -0.1) is 0 Å². The number of aliphatic imine (C=N–C) groups is 1. The molecule has 2 atom stereocenters. The summed E-state index contributed by atoms with van der Waals surface area (Å²) in [6.45, 7) is 12.2. The minimum absolute atomic E-state index is 0.168. The highest BCUT2D eigenvalue weighted by atomic mass is 16.5. The highest BCUT2D eigenvalue weighted by Gasteiger charge is 2.36. The molecule has 5 nitrogen and oxygen atoms in total.